The first-order chi connectivity index (χ1) is 10.3. The molecular formula is C15H10ClN5. The summed E-state index contributed by atoms with van der Waals surface area (Å²) in [5, 5.41) is 9.16. The van der Waals surface area contributed by atoms with Gasteiger partial charge in [0, 0.05) is 22.7 Å². The minimum absolute atomic E-state index is 0.486. The topological polar surface area (TPSA) is 55.1 Å². The second kappa shape index (κ2) is 4.71. The molecule has 6 heteroatoms. The van der Waals surface area contributed by atoms with Crippen LogP contribution in [-0.4, -0.2) is 19.6 Å². The molecule has 1 N–H and O–H groups in total. The molecule has 0 bridgehead atoms. The molecule has 0 aliphatic carbocycles. The van der Waals surface area contributed by atoms with Crippen molar-refractivity contribution in [2.75, 3.05) is 5.32 Å². The quantitative estimate of drug-likeness (QED) is 0.613. The number of pyridine rings is 2. The first-order valence-electron chi connectivity index (χ1n) is 6.43. The number of nitrogens with one attached hydrogen (secondary N) is 1. The van der Waals surface area contributed by atoms with Gasteiger partial charge in [-0.2, -0.15) is 4.98 Å². The van der Waals surface area contributed by atoms with Crippen LogP contribution in [0.5, 0.6) is 0 Å². The van der Waals surface area contributed by atoms with Crippen LogP contribution in [0, 0.1) is 0 Å². The zero-order valence-corrected chi connectivity index (χ0v) is 11.6. The van der Waals surface area contributed by atoms with Crippen molar-refractivity contribution in [1.29, 1.82) is 0 Å². The highest BCUT2D eigenvalue weighted by molar-refractivity contribution is 6.30. The van der Waals surface area contributed by atoms with Crippen molar-refractivity contribution in [3.8, 4) is 0 Å². The number of hydrogen-bond donors (Lipinski definition) is 1. The Bertz CT molecular complexity index is 947. The zero-order valence-electron chi connectivity index (χ0n) is 10.9. The zero-order chi connectivity index (χ0) is 14.2. The van der Waals surface area contributed by atoms with E-state index in [0.717, 1.165) is 10.9 Å². The molecule has 3 heterocycles. The van der Waals surface area contributed by atoms with E-state index >= 15 is 0 Å². The normalized spacial score (nSPS) is 11.1. The average Bonchev–Trinajstić information content (AvgIpc) is 2.88. The molecule has 0 saturated carbocycles. The second-order valence-electron chi connectivity index (χ2n) is 4.60. The van der Waals surface area contributed by atoms with Crippen LogP contribution in [0.15, 0.2) is 54.7 Å². The molecular weight excluding hydrogens is 286 g/mol. The van der Waals surface area contributed by atoms with Gasteiger partial charge in [0.2, 0.25) is 5.95 Å². The van der Waals surface area contributed by atoms with E-state index in [0.29, 0.717) is 22.4 Å². The first-order valence-corrected chi connectivity index (χ1v) is 6.80. The predicted octanol–water partition coefficient (Wildman–Crippen LogP) is 3.67. The Morgan fingerprint density at radius 1 is 1.00 bits per heavy atom. The lowest BCUT2D eigenvalue weighted by atomic mass is 10.2. The van der Waals surface area contributed by atoms with Crippen molar-refractivity contribution in [3.63, 3.8) is 0 Å². The van der Waals surface area contributed by atoms with Crippen LogP contribution in [0.25, 0.3) is 16.6 Å². The van der Waals surface area contributed by atoms with E-state index in [4.69, 9.17) is 11.6 Å². The summed E-state index contributed by atoms with van der Waals surface area (Å²) in [5.41, 5.74) is 1.61. The largest absolute Gasteiger partial charge is 0.307 e. The number of rotatable bonds is 2. The minimum Gasteiger partial charge on any atom is -0.307 e. The third kappa shape index (κ3) is 2.28. The molecule has 21 heavy (non-hydrogen) atoms. The summed E-state index contributed by atoms with van der Waals surface area (Å²) in [6.45, 7) is 0. The number of nitrogens with zero attached hydrogens (tertiary/aromatic N) is 4. The molecule has 0 atom stereocenters. The van der Waals surface area contributed by atoms with Gasteiger partial charge in [0.05, 0.1) is 5.52 Å². The Labute approximate surface area is 125 Å². The van der Waals surface area contributed by atoms with Crippen molar-refractivity contribution in [3.05, 3.63) is 59.8 Å². The lowest BCUT2D eigenvalue weighted by Crippen LogP contribution is -1.96. The van der Waals surface area contributed by atoms with Gasteiger partial charge in [-0.1, -0.05) is 29.8 Å². The van der Waals surface area contributed by atoms with Gasteiger partial charge in [-0.25, -0.2) is 9.50 Å². The molecule has 0 fully saturated rings. The summed E-state index contributed by atoms with van der Waals surface area (Å²) < 4.78 is 1.66. The third-order valence-corrected chi connectivity index (χ3v) is 3.37. The van der Waals surface area contributed by atoms with E-state index < -0.39 is 0 Å². The molecule has 5 nitrogen and oxygen atoms in total. The van der Waals surface area contributed by atoms with E-state index in [1.807, 2.05) is 36.4 Å². The number of halogens is 1. The second-order valence-corrected chi connectivity index (χ2v) is 5.03. The molecule has 0 radical (unpaired) electrons. The van der Waals surface area contributed by atoms with Gasteiger partial charge in [-0.3, -0.25) is 0 Å². The van der Waals surface area contributed by atoms with Crippen LogP contribution in [0.1, 0.15) is 0 Å². The minimum atomic E-state index is 0.486. The van der Waals surface area contributed by atoms with Crippen molar-refractivity contribution in [2.45, 2.75) is 0 Å². The predicted molar refractivity (Wildman–Crippen MR) is 83.0 cm³/mol. The summed E-state index contributed by atoms with van der Waals surface area (Å²) in [6.07, 6.45) is 1.77. The molecule has 0 amide bonds. The van der Waals surface area contributed by atoms with E-state index in [1.54, 1.807) is 22.8 Å². The van der Waals surface area contributed by atoms with E-state index in [9.17, 15) is 0 Å². The van der Waals surface area contributed by atoms with E-state index in [1.165, 1.54) is 0 Å². The SMILES string of the molecule is Clc1ccn2nc(Nc3ccc4ccccc4n3)nc2c1. The summed E-state index contributed by atoms with van der Waals surface area (Å²) in [5.74, 6) is 1.19. The number of benzene rings is 1. The van der Waals surface area contributed by atoms with Gasteiger partial charge >= 0.3 is 0 Å². The third-order valence-electron chi connectivity index (χ3n) is 3.14. The molecule has 0 spiro atoms. The molecule has 4 aromatic rings. The first kappa shape index (κ1) is 12.1. The maximum absolute atomic E-state index is 5.94. The molecule has 102 valence electrons. The molecule has 0 aliphatic rings. The van der Waals surface area contributed by atoms with E-state index in [2.05, 4.69) is 20.4 Å². The number of hydrogen-bond acceptors (Lipinski definition) is 4. The van der Waals surface area contributed by atoms with Crippen LogP contribution in [0.2, 0.25) is 5.02 Å². The standard InChI is InChI=1S/C15H10ClN5/c16-11-7-8-21-14(9-11)19-15(20-21)18-13-6-5-10-3-1-2-4-12(10)17-13/h1-9H,(H,17,18,20). The summed E-state index contributed by atoms with van der Waals surface area (Å²) in [6, 6.07) is 15.4. The Kier molecular flexibility index (Phi) is 2.72. The van der Waals surface area contributed by atoms with Gasteiger partial charge in [-0.15, -0.1) is 5.10 Å². The number of fused-ring (bicyclic) bond motifs is 2. The van der Waals surface area contributed by atoms with Crippen LogP contribution in [-0.2, 0) is 0 Å². The van der Waals surface area contributed by atoms with Gasteiger partial charge < -0.3 is 5.32 Å². The Morgan fingerprint density at radius 2 is 1.90 bits per heavy atom. The van der Waals surface area contributed by atoms with Gasteiger partial charge in [0.1, 0.15) is 5.82 Å². The fourth-order valence-electron chi connectivity index (χ4n) is 2.16. The smallest absolute Gasteiger partial charge is 0.248 e. The molecule has 3 aromatic heterocycles. The lowest BCUT2D eigenvalue weighted by molar-refractivity contribution is 0.964. The molecule has 1 aromatic carbocycles. The van der Waals surface area contributed by atoms with Crippen molar-refractivity contribution in [1.82, 2.24) is 19.6 Å². The van der Waals surface area contributed by atoms with Gasteiger partial charge in [-0.05, 0) is 24.3 Å². The molecule has 0 saturated heterocycles. The van der Waals surface area contributed by atoms with Crippen LogP contribution < -0.4 is 5.32 Å². The molecule has 0 aliphatic heterocycles. The monoisotopic (exact) mass is 295 g/mol. The highest BCUT2D eigenvalue weighted by Gasteiger charge is 2.05. The Morgan fingerprint density at radius 3 is 2.86 bits per heavy atom. The van der Waals surface area contributed by atoms with E-state index in [-0.39, 0.29) is 0 Å². The summed E-state index contributed by atoms with van der Waals surface area (Å²) in [7, 11) is 0. The van der Waals surface area contributed by atoms with Crippen LogP contribution in [0.4, 0.5) is 11.8 Å². The van der Waals surface area contributed by atoms with Crippen molar-refractivity contribution >= 4 is 39.9 Å². The number of para-hydroxylation sites is 1. The maximum Gasteiger partial charge on any atom is 0.248 e. The molecule has 0 unspecified atom stereocenters. The highest BCUT2D eigenvalue weighted by atomic mass is 35.5. The number of anilines is 2. The lowest BCUT2D eigenvalue weighted by Gasteiger charge is -2.02. The maximum atomic E-state index is 5.94. The summed E-state index contributed by atoms with van der Waals surface area (Å²) >= 11 is 5.94. The van der Waals surface area contributed by atoms with Gasteiger partial charge in [0.25, 0.3) is 0 Å². The Balaban J connectivity index is 1.71. The van der Waals surface area contributed by atoms with Crippen LogP contribution in [0.3, 0.4) is 0 Å². The van der Waals surface area contributed by atoms with Crippen molar-refractivity contribution < 1.29 is 0 Å². The fraction of sp³-hybridized carbons (Fsp3) is 0. The summed E-state index contributed by atoms with van der Waals surface area (Å²) in [4.78, 5) is 8.90. The van der Waals surface area contributed by atoms with Crippen molar-refractivity contribution in [2.24, 2.45) is 0 Å². The molecule has 4 rings (SSSR count). The highest BCUT2D eigenvalue weighted by Crippen LogP contribution is 2.18. The van der Waals surface area contributed by atoms with Gasteiger partial charge in [0.15, 0.2) is 5.65 Å². The fourth-order valence-corrected chi connectivity index (χ4v) is 2.31. The number of aromatic nitrogens is 4. The van der Waals surface area contributed by atoms with Crippen LogP contribution >= 0.6 is 11.6 Å². The average molecular weight is 296 g/mol. The Hall–Kier alpha value is -2.66.